The van der Waals surface area contributed by atoms with Crippen LogP contribution >= 0.6 is 0 Å². The molecule has 0 saturated heterocycles. The second-order valence-corrected chi connectivity index (χ2v) is 14.2. The zero-order valence-electron chi connectivity index (χ0n) is 26.5. The van der Waals surface area contributed by atoms with E-state index < -0.39 is 33.7 Å². The maximum atomic E-state index is 13.0. The Labute approximate surface area is 266 Å². The largest absolute Gasteiger partial charge is 0.489 e. The van der Waals surface area contributed by atoms with Gasteiger partial charge in [0.15, 0.2) is 0 Å². The summed E-state index contributed by atoms with van der Waals surface area (Å²) >= 11 is 0. The molecule has 3 aromatic carbocycles. The van der Waals surface area contributed by atoms with Crippen molar-refractivity contribution in [3.05, 3.63) is 83.9 Å². The monoisotopic (exact) mass is 636 g/mol. The number of benzene rings is 3. The molecule has 0 unspecified atom stereocenters. The molecule has 2 amide bonds. The van der Waals surface area contributed by atoms with E-state index in [2.05, 4.69) is 0 Å². The molecule has 242 valence electrons. The number of aliphatic hydroxyl groups is 1. The second-order valence-electron chi connectivity index (χ2n) is 12.5. The van der Waals surface area contributed by atoms with Crippen molar-refractivity contribution in [2.45, 2.75) is 88.9 Å². The van der Waals surface area contributed by atoms with Crippen LogP contribution in [0.15, 0.2) is 77.7 Å². The minimum atomic E-state index is -4.09. The molecule has 0 radical (unpaired) electrons. The van der Waals surface area contributed by atoms with E-state index in [1.54, 1.807) is 12.1 Å². The first-order chi connectivity index (χ1) is 21.3. The molecule has 0 spiro atoms. The molecular formula is C35H44N2O7S. The van der Waals surface area contributed by atoms with Crippen molar-refractivity contribution in [3.63, 3.8) is 0 Å². The number of aliphatic hydroxyl groups excluding tert-OH is 1. The van der Waals surface area contributed by atoms with Crippen LogP contribution < -0.4 is 9.46 Å². The molecule has 10 heteroatoms. The second kappa shape index (κ2) is 14.9. The lowest BCUT2D eigenvalue weighted by molar-refractivity contribution is -0.117. The summed E-state index contributed by atoms with van der Waals surface area (Å²) < 4.78 is 39.8. The van der Waals surface area contributed by atoms with Gasteiger partial charge in [-0.15, -0.1) is 0 Å². The molecular weight excluding hydrogens is 592 g/mol. The molecule has 0 bridgehead atoms. The lowest BCUT2D eigenvalue weighted by atomic mass is 9.97. The molecule has 1 fully saturated rings. The van der Waals surface area contributed by atoms with Crippen molar-refractivity contribution in [2.75, 3.05) is 13.1 Å². The third-order valence-electron chi connectivity index (χ3n) is 7.54. The van der Waals surface area contributed by atoms with Crippen molar-refractivity contribution in [2.24, 2.45) is 0 Å². The normalized spacial score (nSPS) is 14.8. The Kier molecular flexibility index (Phi) is 11.3. The number of ether oxygens (including phenoxy) is 2. The molecule has 45 heavy (non-hydrogen) atoms. The molecule has 9 nitrogen and oxygen atoms in total. The van der Waals surface area contributed by atoms with E-state index >= 15 is 0 Å². The number of nitrogens with one attached hydrogen (secondary N) is 1. The van der Waals surface area contributed by atoms with Gasteiger partial charge in [-0.05, 0) is 87.3 Å². The van der Waals surface area contributed by atoms with Crippen LogP contribution in [-0.2, 0) is 26.0 Å². The summed E-state index contributed by atoms with van der Waals surface area (Å²) in [5, 5.41) is 10.8. The fourth-order valence-corrected chi connectivity index (χ4v) is 6.42. The minimum absolute atomic E-state index is 0.0661. The maximum absolute atomic E-state index is 13.0. The number of amides is 2. The predicted octanol–water partition coefficient (Wildman–Crippen LogP) is 6.40. The van der Waals surface area contributed by atoms with E-state index in [1.165, 1.54) is 11.0 Å². The van der Waals surface area contributed by atoms with Gasteiger partial charge in [0.1, 0.15) is 16.2 Å². The van der Waals surface area contributed by atoms with Gasteiger partial charge in [0.05, 0.1) is 18.8 Å². The van der Waals surface area contributed by atoms with Gasteiger partial charge in [0, 0.05) is 13.5 Å². The first-order valence-corrected chi connectivity index (χ1v) is 16.9. The van der Waals surface area contributed by atoms with Crippen molar-refractivity contribution in [1.82, 2.24) is 9.62 Å². The smallest absolute Gasteiger partial charge is 0.410 e. The van der Waals surface area contributed by atoms with Crippen molar-refractivity contribution < 1.29 is 32.6 Å². The molecule has 0 heterocycles. The van der Waals surface area contributed by atoms with E-state index in [0.717, 1.165) is 61.3 Å². The molecule has 1 atom stereocenters. The van der Waals surface area contributed by atoms with Crippen LogP contribution in [0.1, 0.15) is 77.0 Å². The number of carbonyl (C=O) groups is 2. The van der Waals surface area contributed by atoms with Crippen LogP contribution in [0.5, 0.6) is 5.75 Å². The van der Waals surface area contributed by atoms with E-state index in [9.17, 15) is 23.1 Å². The molecule has 1 aliphatic carbocycles. The Morgan fingerprint density at radius 3 is 2.22 bits per heavy atom. The molecule has 3 aromatic rings. The van der Waals surface area contributed by atoms with Crippen LogP contribution in [0.25, 0.3) is 11.1 Å². The summed E-state index contributed by atoms with van der Waals surface area (Å²) in [4.78, 5) is 26.1. The number of rotatable bonds is 11. The van der Waals surface area contributed by atoms with Gasteiger partial charge < -0.3 is 19.5 Å². The van der Waals surface area contributed by atoms with E-state index in [4.69, 9.17) is 9.47 Å². The van der Waals surface area contributed by atoms with Gasteiger partial charge in [-0.3, -0.25) is 4.79 Å². The number of hydrogen-bond acceptors (Lipinski definition) is 7. The first kappa shape index (κ1) is 34.0. The third kappa shape index (κ3) is 10.1. The average Bonchev–Trinajstić information content (AvgIpc) is 2.98. The summed E-state index contributed by atoms with van der Waals surface area (Å²) in [7, 11) is -4.09. The van der Waals surface area contributed by atoms with E-state index in [1.807, 2.05) is 80.1 Å². The van der Waals surface area contributed by atoms with Crippen molar-refractivity contribution >= 4 is 22.0 Å². The van der Waals surface area contributed by atoms with Crippen LogP contribution in [-0.4, -0.2) is 55.2 Å². The first-order valence-electron chi connectivity index (χ1n) is 15.4. The molecule has 1 aliphatic rings. The topological polar surface area (TPSA) is 122 Å². The van der Waals surface area contributed by atoms with Gasteiger partial charge in [-0.25, -0.2) is 17.9 Å². The highest BCUT2D eigenvalue weighted by atomic mass is 32.2. The fourth-order valence-electron chi connectivity index (χ4n) is 5.31. The molecule has 4 rings (SSSR count). The van der Waals surface area contributed by atoms with Gasteiger partial charge in [-0.1, -0.05) is 67.1 Å². The molecule has 0 aliphatic heterocycles. The number of nitrogens with zero attached hydrogens (tertiary/aromatic N) is 1. The predicted molar refractivity (Wildman–Crippen MR) is 173 cm³/mol. The standard InChI is InChI=1S/C35H44N2O7S/c1-25(38)36-45(41,42)33-20-19-29(23-32(33)43-30-13-9-6-10-14-30)27-17-15-26(16-18-27)21-22-37(34(40)44-35(2,3)4)24-31(39)28-11-7-5-8-12-28/h5,7-8,11-12,15-20,23,30-31,39H,6,9-10,13-14,21-22,24H2,1-4H3,(H,36,38)/t31-/m0/s1. The van der Waals surface area contributed by atoms with Crippen LogP contribution in [0, 0.1) is 0 Å². The SMILES string of the molecule is CC(=O)NS(=O)(=O)c1ccc(-c2ccc(CCN(C[C@H](O)c3ccccc3)C(=O)OC(C)(C)C)cc2)cc1OC1CCCCC1. The Morgan fingerprint density at radius 1 is 0.956 bits per heavy atom. The maximum Gasteiger partial charge on any atom is 0.410 e. The third-order valence-corrected chi connectivity index (χ3v) is 9.02. The summed E-state index contributed by atoms with van der Waals surface area (Å²) in [6, 6.07) is 21.9. The van der Waals surface area contributed by atoms with Crippen molar-refractivity contribution in [3.8, 4) is 16.9 Å². The summed E-state index contributed by atoms with van der Waals surface area (Å²) in [6.45, 7) is 7.02. The molecule has 2 N–H and O–H groups in total. The Balaban J connectivity index is 1.51. The summed E-state index contributed by atoms with van der Waals surface area (Å²) in [5.41, 5.74) is 2.66. The van der Waals surface area contributed by atoms with Crippen molar-refractivity contribution in [1.29, 1.82) is 0 Å². The van der Waals surface area contributed by atoms with E-state index in [0.29, 0.717) is 13.0 Å². The molecule has 1 saturated carbocycles. The van der Waals surface area contributed by atoms with Crippen LogP contribution in [0.2, 0.25) is 0 Å². The summed E-state index contributed by atoms with van der Waals surface area (Å²) in [6.07, 6.45) is 3.97. The van der Waals surface area contributed by atoms with Gasteiger partial charge in [-0.2, -0.15) is 0 Å². The Bertz CT molecular complexity index is 1550. The lowest BCUT2D eigenvalue weighted by Crippen LogP contribution is -2.40. The summed E-state index contributed by atoms with van der Waals surface area (Å²) in [5.74, 6) is -0.444. The highest BCUT2D eigenvalue weighted by Gasteiger charge is 2.26. The highest BCUT2D eigenvalue weighted by Crippen LogP contribution is 2.33. The Hall–Kier alpha value is -3.89. The quantitative estimate of drug-likeness (QED) is 0.250. The zero-order valence-corrected chi connectivity index (χ0v) is 27.3. The van der Waals surface area contributed by atoms with E-state index in [-0.39, 0.29) is 23.3 Å². The molecule has 0 aromatic heterocycles. The van der Waals surface area contributed by atoms with Gasteiger partial charge >= 0.3 is 6.09 Å². The van der Waals surface area contributed by atoms with Gasteiger partial charge in [0.2, 0.25) is 5.91 Å². The lowest BCUT2D eigenvalue weighted by Gasteiger charge is -2.29. The number of carbonyl (C=O) groups excluding carboxylic acids is 2. The van der Waals surface area contributed by atoms with Crippen LogP contribution in [0.4, 0.5) is 4.79 Å². The Morgan fingerprint density at radius 2 is 1.60 bits per heavy atom. The number of hydrogen-bond donors (Lipinski definition) is 2. The fraction of sp³-hybridized carbons (Fsp3) is 0.429. The average molecular weight is 637 g/mol. The highest BCUT2D eigenvalue weighted by molar-refractivity contribution is 7.90. The van der Waals surface area contributed by atoms with Gasteiger partial charge in [0.25, 0.3) is 10.0 Å². The minimum Gasteiger partial charge on any atom is -0.489 e. The van der Waals surface area contributed by atoms with Crippen LogP contribution in [0.3, 0.4) is 0 Å². The number of sulfonamides is 1. The zero-order chi connectivity index (χ0) is 32.6.